The van der Waals surface area contributed by atoms with Crippen LogP contribution in [0, 0.1) is 0 Å². The Morgan fingerprint density at radius 2 is 1.84 bits per heavy atom. The average Bonchev–Trinajstić information content (AvgIpc) is 2.57. The fourth-order valence-electron chi connectivity index (χ4n) is 2.26. The molecule has 1 amide bonds. The van der Waals surface area contributed by atoms with Gasteiger partial charge in [-0.2, -0.15) is 13.2 Å². The van der Waals surface area contributed by atoms with Crippen LogP contribution in [-0.2, 0) is 17.4 Å². The normalized spacial score (nSPS) is 12.7. The van der Waals surface area contributed by atoms with Crippen LogP contribution < -0.4 is 5.32 Å². The Labute approximate surface area is 148 Å². The van der Waals surface area contributed by atoms with Gasteiger partial charge < -0.3 is 10.4 Å². The number of aryl methyl sites for hydroxylation is 1. The summed E-state index contributed by atoms with van der Waals surface area (Å²) in [5.41, 5.74) is 0.447. The molecule has 2 rings (SSSR count). The lowest BCUT2D eigenvalue weighted by molar-refractivity contribution is -0.137. The molecule has 2 aromatic rings. The highest BCUT2D eigenvalue weighted by atomic mass is 35.5. The van der Waals surface area contributed by atoms with Crippen LogP contribution in [0.4, 0.5) is 13.2 Å². The number of aliphatic hydroxyl groups is 1. The van der Waals surface area contributed by atoms with E-state index < -0.39 is 17.8 Å². The van der Waals surface area contributed by atoms with Crippen LogP contribution in [0.3, 0.4) is 0 Å². The first-order valence-corrected chi connectivity index (χ1v) is 8.00. The molecule has 2 aromatic carbocycles. The highest BCUT2D eigenvalue weighted by Crippen LogP contribution is 2.29. The molecule has 0 radical (unpaired) electrons. The Morgan fingerprint density at radius 3 is 2.44 bits per heavy atom. The molecule has 0 heterocycles. The first-order chi connectivity index (χ1) is 11.8. The van der Waals surface area contributed by atoms with E-state index in [2.05, 4.69) is 5.32 Å². The quantitative estimate of drug-likeness (QED) is 0.801. The van der Waals surface area contributed by atoms with Gasteiger partial charge in [-0.15, -0.1) is 0 Å². The predicted octanol–water partition coefficient (Wildman–Crippen LogP) is 4.14. The van der Waals surface area contributed by atoms with Crippen LogP contribution in [0.5, 0.6) is 0 Å². The number of nitrogens with one attached hydrogen (secondary N) is 1. The number of amides is 1. The number of halogens is 4. The molecule has 0 aliphatic carbocycles. The maximum absolute atomic E-state index is 12.5. The van der Waals surface area contributed by atoms with Crippen molar-refractivity contribution in [1.29, 1.82) is 0 Å². The number of benzene rings is 2. The van der Waals surface area contributed by atoms with E-state index in [4.69, 9.17) is 11.6 Å². The maximum Gasteiger partial charge on any atom is 0.416 e. The lowest BCUT2D eigenvalue weighted by Crippen LogP contribution is -2.28. The molecular formula is C18H17ClF3NO2. The second-order valence-corrected chi connectivity index (χ2v) is 6.01. The molecule has 0 spiro atoms. The fraction of sp³-hybridized carbons (Fsp3) is 0.278. The molecule has 3 nitrogen and oxygen atoms in total. The van der Waals surface area contributed by atoms with Gasteiger partial charge in [-0.3, -0.25) is 4.79 Å². The van der Waals surface area contributed by atoms with Crippen LogP contribution in [0.15, 0.2) is 48.5 Å². The number of rotatable bonds is 6. The second kappa shape index (κ2) is 8.36. The summed E-state index contributed by atoms with van der Waals surface area (Å²) in [5.74, 6) is -0.258. The Balaban J connectivity index is 1.80. The van der Waals surface area contributed by atoms with E-state index in [0.717, 1.165) is 17.7 Å². The zero-order valence-electron chi connectivity index (χ0n) is 13.2. The summed E-state index contributed by atoms with van der Waals surface area (Å²) in [5, 5.41) is 13.1. The van der Waals surface area contributed by atoms with Crippen LogP contribution in [0.1, 0.15) is 29.2 Å². The minimum atomic E-state index is -4.42. The smallest absolute Gasteiger partial charge is 0.387 e. The van der Waals surface area contributed by atoms with Crippen molar-refractivity contribution >= 4 is 17.5 Å². The van der Waals surface area contributed by atoms with Crippen LogP contribution >= 0.6 is 11.6 Å². The fourth-order valence-corrected chi connectivity index (χ4v) is 2.47. The molecule has 0 saturated heterocycles. The highest BCUT2D eigenvalue weighted by Gasteiger charge is 2.30. The number of alkyl halides is 3. The van der Waals surface area contributed by atoms with Gasteiger partial charge in [-0.1, -0.05) is 35.9 Å². The Hall–Kier alpha value is -2.05. The Bertz CT molecular complexity index is 717. The number of hydrogen-bond donors (Lipinski definition) is 2. The van der Waals surface area contributed by atoms with E-state index in [-0.39, 0.29) is 18.9 Å². The summed E-state index contributed by atoms with van der Waals surface area (Å²) in [6.45, 7) is -0.0697. The van der Waals surface area contributed by atoms with Crippen molar-refractivity contribution in [2.45, 2.75) is 25.1 Å². The third-order valence-electron chi connectivity index (χ3n) is 3.65. The summed E-state index contributed by atoms with van der Waals surface area (Å²) in [4.78, 5) is 11.8. The largest absolute Gasteiger partial charge is 0.416 e. The molecule has 1 atom stereocenters. The summed E-state index contributed by atoms with van der Waals surface area (Å²) >= 11 is 5.87. The third-order valence-corrected chi connectivity index (χ3v) is 3.88. The molecule has 134 valence electrons. The zero-order valence-corrected chi connectivity index (χ0v) is 13.9. The third kappa shape index (κ3) is 6.07. The number of carbonyl (C=O) groups excluding carboxylic acids is 1. The van der Waals surface area contributed by atoms with Crippen molar-refractivity contribution in [3.8, 4) is 0 Å². The van der Waals surface area contributed by atoms with E-state index in [1.807, 2.05) is 6.07 Å². The molecule has 0 aliphatic heterocycles. The monoisotopic (exact) mass is 371 g/mol. The van der Waals surface area contributed by atoms with Gasteiger partial charge in [-0.25, -0.2) is 0 Å². The van der Waals surface area contributed by atoms with Crippen LogP contribution in [0.2, 0.25) is 5.02 Å². The molecule has 0 aromatic heterocycles. The second-order valence-electron chi connectivity index (χ2n) is 5.57. The van der Waals surface area contributed by atoms with Crippen LogP contribution in [-0.4, -0.2) is 17.6 Å². The molecule has 1 unspecified atom stereocenters. The molecular weight excluding hydrogens is 355 g/mol. The van der Waals surface area contributed by atoms with Gasteiger partial charge >= 0.3 is 6.18 Å². The van der Waals surface area contributed by atoms with Gasteiger partial charge in [0.05, 0.1) is 11.7 Å². The highest BCUT2D eigenvalue weighted by molar-refractivity contribution is 6.30. The SMILES string of the molecule is O=C(CCc1cccc(Cl)c1)NCC(O)c1ccc(C(F)(F)F)cc1. The first kappa shape index (κ1) is 19.3. The van der Waals surface area contributed by atoms with E-state index in [1.54, 1.807) is 18.2 Å². The van der Waals surface area contributed by atoms with Crippen LogP contribution in [0.25, 0.3) is 0 Å². The molecule has 25 heavy (non-hydrogen) atoms. The summed E-state index contributed by atoms with van der Waals surface area (Å²) in [6.07, 6.45) is -4.77. The van der Waals surface area contributed by atoms with E-state index in [1.165, 1.54) is 12.1 Å². The number of aliphatic hydroxyl groups excluding tert-OH is 1. The summed E-state index contributed by atoms with van der Waals surface area (Å²) in [6, 6.07) is 11.4. The average molecular weight is 372 g/mol. The van der Waals surface area contributed by atoms with Crippen molar-refractivity contribution in [2.24, 2.45) is 0 Å². The Morgan fingerprint density at radius 1 is 1.16 bits per heavy atom. The van der Waals surface area contributed by atoms with E-state index in [9.17, 15) is 23.1 Å². The van der Waals surface area contributed by atoms with Crippen molar-refractivity contribution in [1.82, 2.24) is 5.32 Å². The van der Waals surface area contributed by atoms with Crippen molar-refractivity contribution in [3.63, 3.8) is 0 Å². The van der Waals surface area contributed by atoms with Gasteiger partial charge in [0.15, 0.2) is 0 Å². The van der Waals surface area contributed by atoms with Crippen molar-refractivity contribution in [2.75, 3.05) is 6.54 Å². The lowest BCUT2D eigenvalue weighted by Gasteiger charge is -2.14. The van der Waals surface area contributed by atoms with Gasteiger partial charge in [0.1, 0.15) is 0 Å². The molecule has 2 N–H and O–H groups in total. The standard InChI is InChI=1S/C18H17ClF3NO2/c19-15-3-1-2-12(10-15)4-9-17(25)23-11-16(24)13-5-7-14(8-6-13)18(20,21)22/h1-3,5-8,10,16,24H,4,9,11H2,(H,23,25). The molecule has 7 heteroatoms. The van der Waals surface area contributed by atoms with E-state index in [0.29, 0.717) is 17.0 Å². The number of hydrogen-bond acceptors (Lipinski definition) is 2. The molecule has 0 bridgehead atoms. The summed E-state index contributed by atoms with van der Waals surface area (Å²) < 4.78 is 37.5. The lowest BCUT2D eigenvalue weighted by atomic mass is 10.1. The van der Waals surface area contributed by atoms with Gasteiger partial charge in [0, 0.05) is 18.0 Å². The van der Waals surface area contributed by atoms with Gasteiger partial charge in [0.25, 0.3) is 0 Å². The Kier molecular flexibility index (Phi) is 6.45. The van der Waals surface area contributed by atoms with Crippen molar-refractivity contribution in [3.05, 3.63) is 70.2 Å². The predicted molar refractivity (Wildman–Crippen MR) is 89.2 cm³/mol. The molecule has 0 aliphatic rings. The van der Waals surface area contributed by atoms with Gasteiger partial charge in [0.2, 0.25) is 5.91 Å². The number of carbonyl (C=O) groups is 1. The summed E-state index contributed by atoms with van der Waals surface area (Å²) in [7, 11) is 0. The zero-order chi connectivity index (χ0) is 18.4. The minimum absolute atomic E-state index is 0.0697. The van der Waals surface area contributed by atoms with Gasteiger partial charge in [-0.05, 0) is 41.8 Å². The van der Waals surface area contributed by atoms with Crippen molar-refractivity contribution < 1.29 is 23.1 Å². The minimum Gasteiger partial charge on any atom is -0.387 e. The molecule has 0 saturated carbocycles. The van der Waals surface area contributed by atoms with E-state index >= 15 is 0 Å². The molecule has 0 fully saturated rings. The first-order valence-electron chi connectivity index (χ1n) is 7.62. The topological polar surface area (TPSA) is 49.3 Å². The maximum atomic E-state index is 12.5.